The Morgan fingerprint density at radius 3 is 2.61 bits per heavy atom. The Hall–Kier alpha value is -2.90. The smallest absolute Gasteiger partial charge is 0.356 e. The van der Waals surface area contributed by atoms with E-state index in [1.165, 1.54) is 12.1 Å². The lowest BCUT2D eigenvalue weighted by molar-refractivity contribution is -0.137. The zero-order valence-corrected chi connectivity index (χ0v) is 15.5. The maximum Gasteiger partial charge on any atom is 0.416 e. The predicted octanol–water partition coefficient (Wildman–Crippen LogP) is 3.74. The second-order valence-corrected chi connectivity index (χ2v) is 6.70. The Morgan fingerprint density at radius 2 is 1.89 bits per heavy atom. The lowest BCUT2D eigenvalue weighted by Gasteiger charge is -2.08. The summed E-state index contributed by atoms with van der Waals surface area (Å²) < 4.78 is 39.3. The number of aryl methyl sites for hydroxylation is 3. The number of rotatable bonds is 7. The summed E-state index contributed by atoms with van der Waals surface area (Å²) in [5, 5.41) is 7.16. The van der Waals surface area contributed by atoms with Gasteiger partial charge in [0.15, 0.2) is 5.65 Å². The molecule has 0 unspecified atom stereocenters. The Kier molecular flexibility index (Phi) is 5.96. The first kappa shape index (κ1) is 19.9. The number of halogens is 3. The van der Waals surface area contributed by atoms with Crippen molar-refractivity contribution >= 4 is 11.6 Å². The van der Waals surface area contributed by atoms with Crippen LogP contribution in [0.25, 0.3) is 5.65 Å². The molecule has 0 atom stereocenters. The van der Waals surface area contributed by atoms with E-state index in [0.717, 1.165) is 41.9 Å². The zero-order valence-electron chi connectivity index (χ0n) is 15.5. The molecule has 3 aromatic rings. The number of alkyl halides is 3. The quantitative estimate of drug-likeness (QED) is 0.626. The molecule has 3 rings (SSSR count). The van der Waals surface area contributed by atoms with Gasteiger partial charge >= 0.3 is 6.18 Å². The van der Waals surface area contributed by atoms with E-state index in [-0.39, 0.29) is 12.3 Å². The number of aromatic nitrogens is 3. The van der Waals surface area contributed by atoms with Crippen LogP contribution in [0.5, 0.6) is 0 Å². The molecule has 1 aromatic carbocycles. The lowest BCUT2D eigenvalue weighted by atomic mass is 10.1. The lowest BCUT2D eigenvalue weighted by Crippen LogP contribution is -2.25. The molecule has 0 saturated carbocycles. The molecule has 1 N–H and O–H groups in total. The highest BCUT2D eigenvalue weighted by molar-refractivity contribution is 5.76. The number of nitrogens with zero attached hydrogens (tertiary/aromatic N) is 3. The number of hydrogen-bond donors (Lipinski definition) is 1. The summed E-state index contributed by atoms with van der Waals surface area (Å²) in [5.41, 5.74) is 2.77. The third-order valence-corrected chi connectivity index (χ3v) is 4.38. The first-order chi connectivity index (χ1) is 13.3. The van der Waals surface area contributed by atoms with Gasteiger partial charge in [0.25, 0.3) is 0 Å². The van der Waals surface area contributed by atoms with E-state index >= 15 is 0 Å². The number of amides is 1. The fourth-order valence-electron chi connectivity index (χ4n) is 2.89. The zero-order chi connectivity index (χ0) is 20.1. The van der Waals surface area contributed by atoms with Crippen molar-refractivity contribution in [3.63, 3.8) is 0 Å². The highest BCUT2D eigenvalue weighted by Gasteiger charge is 2.29. The molecule has 2 aromatic heterocycles. The van der Waals surface area contributed by atoms with Gasteiger partial charge in [0.1, 0.15) is 0 Å². The molecule has 0 radical (unpaired) electrons. The number of carbonyl (C=O) groups is 1. The molecule has 0 bridgehead atoms. The highest BCUT2D eigenvalue weighted by Crippen LogP contribution is 2.29. The molecule has 5 nitrogen and oxygen atoms in total. The molecule has 0 aliphatic rings. The van der Waals surface area contributed by atoms with Crippen molar-refractivity contribution in [1.29, 1.82) is 0 Å². The van der Waals surface area contributed by atoms with Crippen molar-refractivity contribution in [3.8, 4) is 0 Å². The summed E-state index contributed by atoms with van der Waals surface area (Å²) in [6, 6.07) is 6.81. The summed E-state index contributed by atoms with van der Waals surface area (Å²) >= 11 is 0. The fourth-order valence-corrected chi connectivity index (χ4v) is 2.89. The Labute approximate surface area is 160 Å². The van der Waals surface area contributed by atoms with E-state index in [1.54, 1.807) is 4.52 Å². The van der Waals surface area contributed by atoms with Crippen LogP contribution in [0, 0.1) is 6.92 Å². The van der Waals surface area contributed by atoms with Crippen molar-refractivity contribution in [3.05, 3.63) is 65.1 Å². The topological polar surface area (TPSA) is 59.3 Å². The largest absolute Gasteiger partial charge is 0.416 e. The van der Waals surface area contributed by atoms with Gasteiger partial charge in [-0.1, -0.05) is 12.1 Å². The van der Waals surface area contributed by atoms with Gasteiger partial charge in [0.05, 0.1) is 11.3 Å². The van der Waals surface area contributed by atoms with E-state index in [1.807, 2.05) is 25.4 Å². The summed E-state index contributed by atoms with van der Waals surface area (Å²) in [6.07, 6.45) is 1.58. The molecule has 1 amide bonds. The number of fused-ring (bicyclic) bond motifs is 1. The number of hydrogen-bond acceptors (Lipinski definition) is 3. The van der Waals surface area contributed by atoms with Gasteiger partial charge in [-0.15, -0.1) is 0 Å². The third-order valence-electron chi connectivity index (χ3n) is 4.38. The van der Waals surface area contributed by atoms with Crippen LogP contribution < -0.4 is 5.32 Å². The molecule has 2 heterocycles. The molecule has 0 aliphatic carbocycles. The van der Waals surface area contributed by atoms with Gasteiger partial charge in [-0.2, -0.15) is 18.3 Å². The van der Waals surface area contributed by atoms with Gasteiger partial charge < -0.3 is 5.32 Å². The third kappa shape index (κ3) is 5.31. The van der Waals surface area contributed by atoms with Crippen molar-refractivity contribution in [1.82, 2.24) is 19.9 Å². The maximum atomic E-state index is 12.5. The minimum absolute atomic E-state index is 0.115. The van der Waals surface area contributed by atoms with Crippen molar-refractivity contribution in [2.24, 2.45) is 0 Å². The molecule has 0 saturated heterocycles. The Bertz CT molecular complexity index is 948. The first-order valence-electron chi connectivity index (χ1n) is 9.05. The molecule has 148 valence electrons. The molecule has 8 heteroatoms. The van der Waals surface area contributed by atoms with E-state index in [0.29, 0.717) is 18.5 Å². The fraction of sp³-hybridized carbons (Fsp3) is 0.350. The van der Waals surface area contributed by atoms with E-state index in [4.69, 9.17) is 0 Å². The SMILES string of the molecule is Cc1cc2ncc(CCCNC(=O)CCc3ccc(C(F)(F)F)cc3)cn2n1. The average Bonchev–Trinajstić information content (AvgIpc) is 3.02. The van der Waals surface area contributed by atoms with Crippen LogP contribution in [0.1, 0.15) is 35.2 Å². The van der Waals surface area contributed by atoms with Crippen LogP contribution in [-0.4, -0.2) is 27.0 Å². The van der Waals surface area contributed by atoms with Gasteiger partial charge in [-0.25, -0.2) is 9.50 Å². The summed E-state index contributed by atoms with van der Waals surface area (Å²) in [4.78, 5) is 16.3. The predicted molar refractivity (Wildman–Crippen MR) is 98.8 cm³/mol. The Balaban J connectivity index is 1.38. The van der Waals surface area contributed by atoms with Gasteiger partial charge in [0.2, 0.25) is 5.91 Å². The highest BCUT2D eigenvalue weighted by atomic mass is 19.4. The van der Waals surface area contributed by atoms with Crippen LogP contribution in [-0.2, 0) is 23.8 Å². The summed E-state index contributed by atoms with van der Waals surface area (Å²) in [6.45, 7) is 2.44. The van der Waals surface area contributed by atoms with E-state index in [2.05, 4.69) is 15.4 Å². The standard InChI is InChI=1S/C20H21F3N4O/c1-14-11-18-25-12-16(13-27(18)26-14)3-2-10-24-19(28)9-6-15-4-7-17(8-5-15)20(21,22)23/h4-5,7-8,11-13H,2-3,6,9-10H2,1H3,(H,24,28). The normalized spacial score (nSPS) is 11.7. The molecular formula is C20H21F3N4O. The minimum Gasteiger partial charge on any atom is -0.356 e. The molecule has 0 fully saturated rings. The summed E-state index contributed by atoms with van der Waals surface area (Å²) in [5.74, 6) is -0.115. The second-order valence-electron chi connectivity index (χ2n) is 6.70. The van der Waals surface area contributed by atoms with E-state index < -0.39 is 11.7 Å². The second kappa shape index (κ2) is 8.41. The van der Waals surface area contributed by atoms with Crippen LogP contribution in [0.4, 0.5) is 13.2 Å². The van der Waals surface area contributed by atoms with Crippen molar-refractivity contribution in [2.75, 3.05) is 6.54 Å². The number of benzene rings is 1. The van der Waals surface area contributed by atoms with Crippen LogP contribution >= 0.6 is 0 Å². The molecule has 0 spiro atoms. The maximum absolute atomic E-state index is 12.5. The van der Waals surface area contributed by atoms with Gasteiger partial charge in [0, 0.05) is 31.4 Å². The average molecular weight is 390 g/mol. The Morgan fingerprint density at radius 1 is 1.14 bits per heavy atom. The van der Waals surface area contributed by atoms with Crippen LogP contribution in [0.3, 0.4) is 0 Å². The van der Waals surface area contributed by atoms with Gasteiger partial charge in [-0.05, 0) is 49.4 Å². The van der Waals surface area contributed by atoms with Crippen molar-refractivity contribution in [2.45, 2.75) is 38.8 Å². The minimum atomic E-state index is -4.34. The van der Waals surface area contributed by atoms with Crippen LogP contribution in [0.2, 0.25) is 0 Å². The molecule has 28 heavy (non-hydrogen) atoms. The monoisotopic (exact) mass is 390 g/mol. The number of nitrogens with one attached hydrogen (secondary N) is 1. The molecular weight excluding hydrogens is 369 g/mol. The summed E-state index contributed by atoms with van der Waals surface area (Å²) in [7, 11) is 0. The van der Waals surface area contributed by atoms with Crippen LogP contribution in [0.15, 0.2) is 42.7 Å². The van der Waals surface area contributed by atoms with Gasteiger partial charge in [-0.3, -0.25) is 4.79 Å². The first-order valence-corrected chi connectivity index (χ1v) is 9.05. The van der Waals surface area contributed by atoms with E-state index in [9.17, 15) is 18.0 Å². The van der Waals surface area contributed by atoms with Crippen molar-refractivity contribution < 1.29 is 18.0 Å². The number of carbonyl (C=O) groups excluding carboxylic acids is 1. The molecule has 0 aliphatic heterocycles.